The summed E-state index contributed by atoms with van der Waals surface area (Å²) in [7, 11) is 0. The molecule has 0 radical (unpaired) electrons. The molecule has 4 heteroatoms. The maximum atomic E-state index is 11.6. The Morgan fingerprint density at radius 1 is 1.28 bits per heavy atom. The van der Waals surface area contributed by atoms with Gasteiger partial charge in [0.15, 0.2) is 5.95 Å². The van der Waals surface area contributed by atoms with Crippen LogP contribution in [0.4, 0.5) is 5.95 Å². The molecule has 94 valence electrons. The van der Waals surface area contributed by atoms with Crippen LogP contribution in [0.1, 0.15) is 36.5 Å². The van der Waals surface area contributed by atoms with Gasteiger partial charge in [-0.1, -0.05) is 38.1 Å². The molecule has 0 aliphatic carbocycles. The number of H-pyrrole nitrogens is 1. The zero-order valence-electron chi connectivity index (χ0n) is 10.6. The molecule has 1 heterocycles. The van der Waals surface area contributed by atoms with Crippen molar-refractivity contribution in [2.75, 3.05) is 5.73 Å². The van der Waals surface area contributed by atoms with Crippen molar-refractivity contribution in [3.05, 3.63) is 57.5 Å². The highest BCUT2D eigenvalue weighted by Crippen LogP contribution is 2.15. The topological polar surface area (TPSA) is 71.8 Å². The Kier molecular flexibility index (Phi) is 3.46. The number of hydrogen-bond donors (Lipinski definition) is 2. The first kappa shape index (κ1) is 12.4. The summed E-state index contributed by atoms with van der Waals surface area (Å²) in [6, 6.07) is 8.29. The fourth-order valence-corrected chi connectivity index (χ4v) is 1.80. The summed E-state index contributed by atoms with van der Waals surface area (Å²) in [5.74, 6) is 0.666. The molecule has 3 N–H and O–H groups in total. The molecule has 1 aromatic carbocycles. The van der Waals surface area contributed by atoms with Crippen LogP contribution in [0, 0.1) is 0 Å². The number of aromatic nitrogens is 2. The van der Waals surface area contributed by atoms with Gasteiger partial charge < -0.3 is 5.73 Å². The summed E-state index contributed by atoms with van der Waals surface area (Å²) in [6.45, 7) is 4.31. The average molecular weight is 243 g/mol. The SMILES string of the molecule is CC(C)c1ccc(Cc2cnc(N)[nH]c2=O)cc1. The molecule has 4 nitrogen and oxygen atoms in total. The summed E-state index contributed by atoms with van der Waals surface area (Å²) in [5, 5.41) is 0. The van der Waals surface area contributed by atoms with Crippen LogP contribution < -0.4 is 11.3 Å². The van der Waals surface area contributed by atoms with Crippen molar-refractivity contribution in [1.29, 1.82) is 0 Å². The van der Waals surface area contributed by atoms with Gasteiger partial charge in [0.25, 0.3) is 5.56 Å². The first-order valence-corrected chi connectivity index (χ1v) is 5.99. The van der Waals surface area contributed by atoms with Crippen LogP contribution in [0.25, 0.3) is 0 Å². The molecule has 0 bridgehead atoms. The lowest BCUT2D eigenvalue weighted by atomic mass is 10.00. The number of nitrogen functional groups attached to an aromatic ring is 1. The van der Waals surface area contributed by atoms with E-state index >= 15 is 0 Å². The number of nitrogens with one attached hydrogen (secondary N) is 1. The van der Waals surface area contributed by atoms with E-state index in [1.54, 1.807) is 0 Å². The lowest BCUT2D eigenvalue weighted by Gasteiger charge is -2.06. The van der Waals surface area contributed by atoms with Crippen molar-refractivity contribution in [3.63, 3.8) is 0 Å². The number of nitrogens with two attached hydrogens (primary N) is 1. The minimum absolute atomic E-state index is 0.152. The van der Waals surface area contributed by atoms with Crippen LogP contribution >= 0.6 is 0 Å². The van der Waals surface area contributed by atoms with E-state index in [4.69, 9.17) is 5.73 Å². The highest BCUT2D eigenvalue weighted by Gasteiger charge is 2.04. The summed E-state index contributed by atoms with van der Waals surface area (Å²) in [4.78, 5) is 18.0. The predicted molar refractivity (Wildman–Crippen MR) is 72.6 cm³/mol. The van der Waals surface area contributed by atoms with Crippen LogP contribution in [-0.4, -0.2) is 9.97 Å². The molecule has 0 amide bonds. The maximum absolute atomic E-state index is 11.6. The Balaban J connectivity index is 2.21. The number of benzene rings is 1. The normalized spacial score (nSPS) is 10.8. The molecule has 0 atom stereocenters. The van der Waals surface area contributed by atoms with Gasteiger partial charge in [0.1, 0.15) is 0 Å². The Labute approximate surface area is 106 Å². The summed E-state index contributed by atoms with van der Waals surface area (Å²) in [6.07, 6.45) is 2.10. The van der Waals surface area contributed by atoms with E-state index in [0.29, 0.717) is 17.9 Å². The molecule has 2 aromatic rings. The van der Waals surface area contributed by atoms with Crippen molar-refractivity contribution in [2.24, 2.45) is 0 Å². The Hall–Kier alpha value is -2.10. The largest absolute Gasteiger partial charge is 0.369 e. The second kappa shape index (κ2) is 5.04. The van der Waals surface area contributed by atoms with Gasteiger partial charge in [-0.3, -0.25) is 9.78 Å². The minimum Gasteiger partial charge on any atom is -0.369 e. The third kappa shape index (κ3) is 2.77. The van der Waals surface area contributed by atoms with E-state index in [0.717, 1.165) is 5.56 Å². The van der Waals surface area contributed by atoms with E-state index < -0.39 is 0 Å². The molecule has 0 fully saturated rings. The van der Waals surface area contributed by atoms with E-state index in [1.807, 2.05) is 12.1 Å². The molecule has 2 rings (SSSR count). The van der Waals surface area contributed by atoms with Crippen molar-refractivity contribution >= 4 is 5.95 Å². The highest BCUT2D eigenvalue weighted by atomic mass is 16.1. The predicted octanol–water partition coefficient (Wildman–Crippen LogP) is 2.07. The van der Waals surface area contributed by atoms with Crippen molar-refractivity contribution in [3.8, 4) is 0 Å². The molecule has 18 heavy (non-hydrogen) atoms. The Morgan fingerprint density at radius 3 is 2.50 bits per heavy atom. The third-order valence-corrected chi connectivity index (χ3v) is 2.93. The van der Waals surface area contributed by atoms with E-state index in [-0.39, 0.29) is 11.5 Å². The Morgan fingerprint density at radius 2 is 1.94 bits per heavy atom. The molecular weight excluding hydrogens is 226 g/mol. The molecule has 0 saturated carbocycles. The average Bonchev–Trinajstić information content (AvgIpc) is 2.33. The van der Waals surface area contributed by atoms with E-state index in [9.17, 15) is 4.79 Å². The number of anilines is 1. The summed E-state index contributed by atoms with van der Waals surface area (Å²) >= 11 is 0. The molecule has 0 aliphatic heterocycles. The zero-order chi connectivity index (χ0) is 13.1. The molecular formula is C14H17N3O. The van der Waals surface area contributed by atoms with E-state index in [1.165, 1.54) is 11.8 Å². The van der Waals surface area contributed by atoms with Crippen LogP contribution in [0.2, 0.25) is 0 Å². The molecule has 0 aliphatic rings. The molecule has 0 spiro atoms. The number of rotatable bonds is 3. The zero-order valence-corrected chi connectivity index (χ0v) is 10.6. The van der Waals surface area contributed by atoms with Crippen LogP contribution in [0.5, 0.6) is 0 Å². The highest BCUT2D eigenvalue weighted by molar-refractivity contribution is 5.29. The van der Waals surface area contributed by atoms with Gasteiger partial charge in [-0.05, 0) is 17.0 Å². The van der Waals surface area contributed by atoms with Gasteiger partial charge in [-0.15, -0.1) is 0 Å². The molecule has 0 unspecified atom stereocenters. The van der Waals surface area contributed by atoms with Crippen LogP contribution in [0.3, 0.4) is 0 Å². The second-order valence-corrected chi connectivity index (χ2v) is 4.70. The van der Waals surface area contributed by atoms with Crippen LogP contribution in [-0.2, 0) is 6.42 Å². The van der Waals surface area contributed by atoms with Gasteiger partial charge >= 0.3 is 0 Å². The minimum atomic E-state index is -0.171. The van der Waals surface area contributed by atoms with Gasteiger partial charge in [0.2, 0.25) is 0 Å². The Bertz CT molecular complexity index is 585. The lowest BCUT2D eigenvalue weighted by molar-refractivity contribution is 0.865. The third-order valence-electron chi connectivity index (χ3n) is 2.93. The van der Waals surface area contributed by atoms with Gasteiger partial charge in [0.05, 0.1) is 0 Å². The summed E-state index contributed by atoms with van der Waals surface area (Å²) < 4.78 is 0. The standard InChI is InChI=1S/C14H17N3O/c1-9(2)11-5-3-10(4-6-11)7-12-8-16-14(15)17-13(12)18/h3-6,8-9H,7H2,1-2H3,(H3,15,16,17,18). The van der Waals surface area contributed by atoms with E-state index in [2.05, 4.69) is 35.9 Å². The number of hydrogen-bond acceptors (Lipinski definition) is 3. The molecule has 0 saturated heterocycles. The summed E-state index contributed by atoms with van der Waals surface area (Å²) in [5.41, 5.74) is 8.25. The second-order valence-electron chi connectivity index (χ2n) is 4.70. The van der Waals surface area contributed by atoms with Gasteiger partial charge in [-0.25, -0.2) is 4.98 Å². The van der Waals surface area contributed by atoms with Gasteiger partial charge in [0, 0.05) is 18.2 Å². The van der Waals surface area contributed by atoms with Gasteiger partial charge in [-0.2, -0.15) is 0 Å². The number of nitrogens with zero attached hydrogens (tertiary/aromatic N) is 1. The molecule has 1 aromatic heterocycles. The first-order valence-electron chi connectivity index (χ1n) is 5.99. The number of aromatic amines is 1. The lowest BCUT2D eigenvalue weighted by Crippen LogP contribution is -2.15. The quantitative estimate of drug-likeness (QED) is 0.866. The van der Waals surface area contributed by atoms with Crippen molar-refractivity contribution < 1.29 is 0 Å². The fraction of sp³-hybridized carbons (Fsp3) is 0.286. The maximum Gasteiger partial charge on any atom is 0.255 e. The van der Waals surface area contributed by atoms with Crippen molar-refractivity contribution in [2.45, 2.75) is 26.2 Å². The fourth-order valence-electron chi connectivity index (χ4n) is 1.80. The van der Waals surface area contributed by atoms with Crippen molar-refractivity contribution in [1.82, 2.24) is 9.97 Å². The first-order chi connectivity index (χ1) is 8.56. The monoisotopic (exact) mass is 243 g/mol. The van der Waals surface area contributed by atoms with Crippen LogP contribution in [0.15, 0.2) is 35.3 Å². The smallest absolute Gasteiger partial charge is 0.255 e.